The van der Waals surface area contributed by atoms with Crippen LogP contribution in [-0.2, 0) is 52.7 Å². The average Bonchev–Trinajstić information content (AvgIpc) is 3.50. The van der Waals surface area contributed by atoms with Gasteiger partial charge < -0.3 is 41.8 Å². The molecule has 1 heterocycles. The van der Waals surface area contributed by atoms with E-state index in [0.29, 0.717) is 43.5 Å². The molecule has 1 aliphatic rings. The number of nitrogens with one attached hydrogen (secondary N) is 5. The van der Waals surface area contributed by atoms with Gasteiger partial charge in [-0.2, -0.15) is 0 Å². The van der Waals surface area contributed by atoms with Gasteiger partial charge in [-0.25, -0.2) is 4.98 Å². The van der Waals surface area contributed by atoms with E-state index in [-0.39, 0.29) is 55.9 Å². The van der Waals surface area contributed by atoms with Crippen LogP contribution in [0.5, 0.6) is 0 Å². The molecule has 1 aromatic heterocycles. The monoisotopic (exact) mass is 842 g/mol. The average molecular weight is 842 g/mol. The predicted octanol–water partition coefficient (Wildman–Crippen LogP) is 5.26. The van der Waals surface area contributed by atoms with E-state index in [4.69, 9.17) is 15.2 Å². The summed E-state index contributed by atoms with van der Waals surface area (Å²) in [5, 5.41) is 16.0. The zero-order valence-electron chi connectivity index (χ0n) is 36.9. The van der Waals surface area contributed by atoms with Crippen LogP contribution < -0.4 is 32.3 Å². The molecule has 0 aliphatic heterocycles. The number of thiazole rings is 1. The highest BCUT2D eigenvalue weighted by atomic mass is 32.1. The van der Waals surface area contributed by atoms with Crippen molar-refractivity contribution >= 4 is 46.0 Å². The standard InChI is InChI=1S/C44H71N7O7S/c1-10-23-46-31-19-20-32-34(27-31)59-40(48-32)49-35(52)17-14-18-36(53)50-41(2,3)21-24-58-44(8,9)29-38(55)51-42(4,5)22-25-57-43(6,7)28-37(54)47-33(39(45)56)26-30-15-12-11-13-16-30/h11-13,15-16,31,33,46H,10,14,17-29H2,1-9H3,(H2,45,56)(H,47,54)(H,50,53)(H,51,55)(H,48,49,52). The van der Waals surface area contributed by atoms with Gasteiger partial charge in [0.2, 0.25) is 29.5 Å². The summed E-state index contributed by atoms with van der Waals surface area (Å²) in [7, 11) is 0. The number of amides is 5. The number of aromatic nitrogens is 1. The maximum atomic E-state index is 13.1. The van der Waals surface area contributed by atoms with Crippen molar-refractivity contribution < 1.29 is 33.4 Å². The second kappa shape index (κ2) is 22.6. The Morgan fingerprint density at radius 3 is 2.00 bits per heavy atom. The molecule has 0 bridgehead atoms. The second-order valence-corrected chi connectivity index (χ2v) is 19.4. The van der Waals surface area contributed by atoms with Gasteiger partial charge in [0.1, 0.15) is 6.04 Å². The molecule has 3 rings (SSSR count). The van der Waals surface area contributed by atoms with E-state index in [1.54, 1.807) is 25.2 Å². The molecule has 1 aliphatic carbocycles. The Labute approximate surface area is 355 Å². The quantitative estimate of drug-likeness (QED) is 0.0731. The van der Waals surface area contributed by atoms with Crippen LogP contribution in [0.1, 0.15) is 136 Å². The molecule has 15 heteroatoms. The highest BCUT2D eigenvalue weighted by molar-refractivity contribution is 7.15. The smallest absolute Gasteiger partial charge is 0.240 e. The molecule has 0 saturated heterocycles. The summed E-state index contributed by atoms with van der Waals surface area (Å²) >= 11 is 1.55. The summed E-state index contributed by atoms with van der Waals surface area (Å²) in [5.41, 5.74) is 4.81. The lowest BCUT2D eigenvalue weighted by molar-refractivity contribution is -0.132. The van der Waals surface area contributed by atoms with Gasteiger partial charge in [-0.15, -0.1) is 11.3 Å². The highest BCUT2D eigenvalue weighted by Gasteiger charge is 2.31. The van der Waals surface area contributed by atoms with Gasteiger partial charge in [0.25, 0.3) is 0 Å². The summed E-state index contributed by atoms with van der Waals surface area (Å²) in [4.78, 5) is 69.2. The minimum atomic E-state index is -0.833. The van der Waals surface area contributed by atoms with Crippen molar-refractivity contribution in [1.29, 1.82) is 0 Å². The van der Waals surface area contributed by atoms with Crippen LogP contribution in [0.25, 0.3) is 0 Å². The number of fused-ring (bicyclic) bond motifs is 1. The Kier molecular flexibility index (Phi) is 19.0. The number of nitrogens with zero attached hydrogens (tertiary/aromatic N) is 1. The molecular weight excluding hydrogens is 771 g/mol. The number of carbonyl (C=O) groups excluding carboxylic acids is 5. The maximum Gasteiger partial charge on any atom is 0.240 e. The molecule has 1 aromatic carbocycles. The number of ether oxygens (including phenoxy) is 2. The van der Waals surface area contributed by atoms with Crippen molar-refractivity contribution in [3.63, 3.8) is 0 Å². The molecule has 59 heavy (non-hydrogen) atoms. The fraction of sp³-hybridized carbons (Fsp3) is 0.682. The number of hydrogen-bond acceptors (Lipinski definition) is 10. The molecule has 0 saturated carbocycles. The van der Waals surface area contributed by atoms with E-state index in [1.807, 2.05) is 71.9 Å². The van der Waals surface area contributed by atoms with Gasteiger partial charge in [0.05, 0.1) is 29.7 Å². The largest absolute Gasteiger partial charge is 0.375 e. The number of nitrogens with two attached hydrogens (primary N) is 1. The van der Waals surface area contributed by atoms with Crippen LogP contribution in [0.2, 0.25) is 0 Å². The van der Waals surface area contributed by atoms with Crippen molar-refractivity contribution in [2.75, 3.05) is 25.1 Å². The fourth-order valence-electron chi connectivity index (χ4n) is 6.89. The molecule has 5 amide bonds. The number of benzene rings is 1. The zero-order valence-corrected chi connectivity index (χ0v) is 37.8. The number of hydrogen-bond donors (Lipinski definition) is 6. The summed E-state index contributed by atoms with van der Waals surface area (Å²) in [6.07, 6.45) is 6.36. The van der Waals surface area contributed by atoms with E-state index >= 15 is 0 Å². The molecule has 2 aromatic rings. The third-order valence-corrected chi connectivity index (χ3v) is 11.2. The van der Waals surface area contributed by atoms with Gasteiger partial charge in [-0.3, -0.25) is 24.0 Å². The molecule has 0 radical (unpaired) electrons. The van der Waals surface area contributed by atoms with Crippen LogP contribution in [0, 0.1) is 0 Å². The van der Waals surface area contributed by atoms with E-state index in [1.165, 1.54) is 4.88 Å². The SMILES string of the molecule is CCCNC1CCc2nc(NC(=O)CCCC(=O)NC(C)(C)CCOC(C)(C)CC(=O)NC(C)(C)CCOC(C)(C)CC(=O)NC(Cc3ccccc3)C(N)=O)sc2C1. The molecule has 2 unspecified atom stereocenters. The van der Waals surface area contributed by atoms with Crippen LogP contribution in [0.15, 0.2) is 30.3 Å². The molecule has 330 valence electrons. The first-order valence-electron chi connectivity index (χ1n) is 21.1. The summed E-state index contributed by atoms with van der Waals surface area (Å²) < 4.78 is 12.2. The molecule has 0 fully saturated rings. The van der Waals surface area contributed by atoms with E-state index in [9.17, 15) is 24.0 Å². The third-order valence-electron chi connectivity index (χ3n) is 10.2. The van der Waals surface area contributed by atoms with Gasteiger partial charge in [-0.1, -0.05) is 37.3 Å². The molecule has 14 nitrogen and oxygen atoms in total. The topological polar surface area (TPSA) is 203 Å². The van der Waals surface area contributed by atoms with Gasteiger partial charge in [0.15, 0.2) is 5.13 Å². The van der Waals surface area contributed by atoms with E-state index in [0.717, 1.165) is 43.5 Å². The van der Waals surface area contributed by atoms with E-state index in [2.05, 4.69) is 38.5 Å². The van der Waals surface area contributed by atoms with Crippen molar-refractivity contribution in [3.05, 3.63) is 46.5 Å². The van der Waals surface area contributed by atoms with Crippen molar-refractivity contribution in [2.45, 2.75) is 174 Å². The third kappa shape index (κ3) is 19.3. The van der Waals surface area contributed by atoms with Crippen LogP contribution >= 0.6 is 11.3 Å². The Morgan fingerprint density at radius 1 is 0.831 bits per heavy atom. The van der Waals surface area contributed by atoms with Gasteiger partial charge in [0, 0.05) is 54.5 Å². The maximum absolute atomic E-state index is 13.1. The second-order valence-electron chi connectivity index (χ2n) is 18.3. The highest BCUT2D eigenvalue weighted by Crippen LogP contribution is 2.30. The Bertz CT molecular complexity index is 1690. The predicted molar refractivity (Wildman–Crippen MR) is 233 cm³/mol. The van der Waals surface area contributed by atoms with Crippen LogP contribution in [0.4, 0.5) is 5.13 Å². The molecule has 2 atom stereocenters. The van der Waals surface area contributed by atoms with Crippen LogP contribution in [0.3, 0.4) is 0 Å². The Morgan fingerprint density at radius 2 is 1.41 bits per heavy atom. The minimum Gasteiger partial charge on any atom is -0.375 e. The lowest BCUT2D eigenvalue weighted by Gasteiger charge is -2.32. The van der Waals surface area contributed by atoms with Crippen LogP contribution in [-0.4, -0.2) is 88.6 Å². The lowest BCUT2D eigenvalue weighted by atomic mass is 9.97. The van der Waals surface area contributed by atoms with Crippen molar-refractivity contribution in [3.8, 4) is 0 Å². The number of carbonyl (C=O) groups is 5. The van der Waals surface area contributed by atoms with Gasteiger partial charge >= 0.3 is 0 Å². The van der Waals surface area contributed by atoms with Gasteiger partial charge in [-0.05, 0) is 112 Å². The zero-order chi connectivity index (χ0) is 43.9. The number of anilines is 1. The summed E-state index contributed by atoms with van der Waals surface area (Å²) in [6, 6.07) is 8.98. The van der Waals surface area contributed by atoms with Crippen molar-refractivity contribution in [2.24, 2.45) is 5.73 Å². The first-order valence-corrected chi connectivity index (χ1v) is 21.9. The summed E-state index contributed by atoms with van der Waals surface area (Å²) in [5.74, 6) is -1.40. The van der Waals surface area contributed by atoms with Crippen molar-refractivity contribution in [1.82, 2.24) is 26.3 Å². The first kappa shape index (κ1) is 49.4. The number of primary amides is 1. The lowest BCUT2D eigenvalue weighted by Crippen LogP contribution is -2.48. The Balaban J connectivity index is 1.31. The number of rotatable bonds is 26. The Hall–Kier alpha value is -3.92. The fourth-order valence-corrected chi connectivity index (χ4v) is 7.99. The normalized spacial score (nSPS) is 15.2. The van der Waals surface area contributed by atoms with E-state index < -0.39 is 34.2 Å². The molecular formula is C44H71N7O7S. The minimum absolute atomic E-state index is 0.0248. The number of aryl methyl sites for hydroxylation is 1. The molecule has 7 N–H and O–H groups in total. The molecule has 0 spiro atoms. The summed E-state index contributed by atoms with van der Waals surface area (Å²) in [6.45, 7) is 18.8. The first-order chi connectivity index (χ1) is 27.6.